The zero-order valence-electron chi connectivity index (χ0n) is 11.1. The number of hydrogen-bond acceptors (Lipinski definition) is 3. The van der Waals surface area contributed by atoms with Crippen LogP contribution in [0.2, 0.25) is 0 Å². The van der Waals surface area contributed by atoms with Crippen LogP contribution in [-0.4, -0.2) is 43.3 Å². The average Bonchev–Trinajstić information content (AvgIpc) is 2.63. The molecule has 0 bridgehead atoms. The summed E-state index contributed by atoms with van der Waals surface area (Å²) in [5.41, 5.74) is 6.03. The second kappa shape index (κ2) is 7.25. The molecule has 0 saturated carbocycles. The van der Waals surface area contributed by atoms with Gasteiger partial charge < -0.3 is 15.4 Å². The lowest BCUT2D eigenvalue weighted by Gasteiger charge is -2.30. The van der Waals surface area contributed by atoms with E-state index in [0.717, 1.165) is 19.8 Å². The summed E-state index contributed by atoms with van der Waals surface area (Å²) in [5, 5.41) is 0. The molecule has 2 unspecified atom stereocenters. The molecule has 0 aromatic rings. The first kappa shape index (κ1) is 13.9. The van der Waals surface area contributed by atoms with Gasteiger partial charge in [0.25, 0.3) is 0 Å². The van der Waals surface area contributed by atoms with Gasteiger partial charge in [-0.3, -0.25) is 0 Å². The highest BCUT2D eigenvalue weighted by atomic mass is 16.5. The van der Waals surface area contributed by atoms with Crippen molar-refractivity contribution in [1.82, 2.24) is 4.90 Å². The first-order valence-corrected chi connectivity index (χ1v) is 6.72. The Labute approximate surface area is 100 Å². The molecule has 1 heterocycles. The standard InChI is InChI=1S/C13H28N2O/c1-4-5-6-7-15(11(2)3)8-12-9-16-10-13(12)14/h11-13H,4-10,14H2,1-3H3. The topological polar surface area (TPSA) is 38.5 Å². The van der Waals surface area contributed by atoms with Crippen LogP contribution in [0.1, 0.15) is 40.0 Å². The number of nitrogens with zero attached hydrogens (tertiary/aromatic N) is 1. The first-order chi connectivity index (χ1) is 7.65. The van der Waals surface area contributed by atoms with Crippen molar-refractivity contribution in [3.63, 3.8) is 0 Å². The predicted octanol–water partition coefficient (Wildman–Crippen LogP) is 1.86. The lowest BCUT2D eigenvalue weighted by Crippen LogP contribution is -2.41. The molecule has 3 nitrogen and oxygen atoms in total. The van der Waals surface area contributed by atoms with E-state index in [4.69, 9.17) is 10.5 Å². The van der Waals surface area contributed by atoms with Crippen molar-refractivity contribution in [3.05, 3.63) is 0 Å². The zero-order chi connectivity index (χ0) is 12.0. The van der Waals surface area contributed by atoms with Crippen LogP contribution in [0.4, 0.5) is 0 Å². The van der Waals surface area contributed by atoms with E-state index in [0.29, 0.717) is 12.0 Å². The van der Waals surface area contributed by atoms with Gasteiger partial charge >= 0.3 is 0 Å². The fourth-order valence-corrected chi connectivity index (χ4v) is 2.23. The minimum atomic E-state index is 0.243. The van der Waals surface area contributed by atoms with Crippen LogP contribution in [0.25, 0.3) is 0 Å². The molecule has 0 aliphatic carbocycles. The monoisotopic (exact) mass is 228 g/mol. The van der Waals surface area contributed by atoms with E-state index in [1.165, 1.54) is 25.8 Å². The van der Waals surface area contributed by atoms with Crippen LogP contribution in [0.15, 0.2) is 0 Å². The Balaban J connectivity index is 2.32. The molecule has 0 aromatic heterocycles. The normalized spacial score (nSPS) is 25.9. The van der Waals surface area contributed by atoms with Crippen LogP contribution >= 0.6 is 0 Å². The molecule has 1 rings (SSSR count). The summed E-state index contributed by atoms with van der Waals surface area (Å²) in [4.78, 5) is 2.55. The number of unbranched alkanes of at least 4 members (excludes halogenated alkanes) is 2. The fourth-order valence-electron chi connectivity index (χ4n) is 2.23. The molecule has 1 aliphatic rings. The van der Waals surface area contributed by atoms with Crippen molar-refractivity contribution < 1.29 is 4.74 Å². The highest BCUT2D eigenvalue weighted by Gasteiger charge is 2.27. The van der Waals surface area contributed by atoms with Gasteiger partial charge in [-0.05, 0) is 26.8 Å². The Morgan fingerprint density at radius 2 is 2.06 bits per heavy atom. The van der Waals surface area contributed by atoms with E-state index in [-0.39, 0.29) is 6.04 Å². The van der Waals surface area contributed by atoms with Gasteiger partial charge in [0.1, 0.15) is 0 Å². The van der Waals surface area contributed by atoms with Crippen molar-refractivity contribution in [2.45, 2.75) is 52.1 Å². The predicted molar refractivity (Wildman–Crippen MR) is 68.5 cm³/mol. The van der Waals surface area contributed by atoms with Crippen LogP contribution in [0.3, 0.4) is 0 Å². The molecule has 0 aromatic carbocycles. The molecule has 1 fully saturated rings. The average molecular weight is 228 g/mol. The van der Waals surface area contributed by atoms with Crippen molar-refractivity contribution >= 4 is 0 Å². The van der Waals surface area contributed by atoms with Crippen LogP contribution in [-0.2, 0) is 4.74 Å². The molecule has 3 heteroatoms. The van der Waals surface area contributed by atoms with Gasteiger partial charge in [0, 0.05) is 24.5 Å². The van der Waals surface area contributed by atoms with E-state index in [2.05, 4.69) is 25.7 Å². The van der Waals surface area contributed by atoms with Crippen molar-refractivity contribution in [2.24, 2.45) is 11.7 Å². The molecule has 0 radical (unpaired) electrons. The van der Waals surface area contributed by atoms with Gasteiger partial charge in [-0.2, -0.15) is 0 Å². The van der Waals surface area contributed by atoms with Gasteiger partial charge in [0.05, 0.1) is 13.2 Å². The highest BCUT2D eigenvalue weighted by molar-refractivity contribution is 4.81. The van der Waals surface area contributed by atoms with E-state index in [1.54, 1.807) is 0 Å². The minimum absolute atomic E-state index is 0.243. The quantitative estimate of drug-likeness (QED) is 0.676. The molecule has 96 valence electrons. The molecule has 1 aliphatic heterocycles. The Morgan fingerprint density at radius 1 is 1.31 bits per heavy atom. The fraction of sp³-hybridized carbons (Fsp3) is 1.00. The third-order valence-corrected chi connectivity index (χ3v) is 3.50. The Kier molecular flexibility index (Phi) is 6.32. The molecule has 2 atom stereocenters. The zero-order valence-corrected chi connectivity index (χ0v) is 11.1. The maximum absolute atomic E-state index is 6.03. The minimum Gasteiger partial charge on any atom is -0.379 e. The smallest absolute Gasteiger partial charge is 0.0621 e. The highest BCUT2D eigenvalue weighted by Crippen LogP contribution is 2.15. The van der Waals surface area contributed by atoms with E-state index in [1.807, 2.05) is 0 Å². The van der Waals surface area contributed by atoms with E-state index in [9.17, 15) is 0 Å². The molecule has 0 spiro atoms. The summed E-state index contributed by atoms with van der Waals surface area (Å²) in [5.74, 6) is 0.532. The summed E-state index contributed by atoms with van der Waals surface area (Å²) < 4.78 is 5.42. The van der Waals surface area contributed by atoms with Gasteiger partial charge in [-0.15, -0.1) is 0 Å². The van der Waals surface area contributed by atoms with Gasteiger partial charge in [-0.1, -0.05) is 19.8 Å². The maximum Gasteiger partial charge on any atom is 0.0621 e. The summed E-state index contributed by atoms with van der Waals surface area (Å²) in [7, 11) is 0. The molecule has 16 heavy (non-hydrogen) atoms. The number of ether oxygens (including phenoxy) is 1. The van der Waals surface area contributed by atoms with Crippen molar-refractivity contribution in [1.29, 1.82) is 0 Å². The maximum atomic E-state index is 6.03. The summed E-state index contributed by atoms with van der Waals surface area (Å²) in [6, 6.07) is 0.858. The Bertz CT molecular complexity index is 185. The lowest BCUT2D eigenvalue weighted by atomic mass is 10.0. The third kappa shape index (κ3) is 4.40. The molecular formula is C13H28N2O. The van der Waals surface area contributed by atoms with Crippen LogP contribution in [0, 0.1) is 5.92 Å². The largest absolute Gasteiger partial charge is 0.379 e. The molecule has 1 saturated heterocycles. The van der Waals surface area contributed by atoms with Gasteiger partial charge in [0.15, 0.2) is 0 Å². The lowest BCUT2D eigenvalue weighted by molar-refractivity contribution is 0.151. The van der Waals surface area contributed by atoms with E-state index < -0.39 is 0 Å². The van der Waals surface area contributed by atoms with E-state index >= 15 is 0 Å². The first-order valence-electron chi connectivity index (χ1n) is 6.72. The van der Waals surface area contributed by atoms with Gasteiger partial charge in [0.2, 0.25) is 0 Å². The summed E-state index contributed by atoms with van der Waals surface area (Å²) in [6.45, 7) is 10.7. The second-order valence-electron chi connectivity index (χ2n) is 5.26. The molecule has 2 N–H and O–H groups in total. The van der Waals surface area contributed by atoms with Crippen molar-refractivity contribution in [3.8, 4) is 0 Å². The number of nitrogens with two attached hydrogens (primary N) is 1. The number of rotatable bonds is 7. The van der Waals surface area contributed by atoms with Crippen LogP contribution in [0.5, 0.6) is 0 Å². The van der Waals surface area contributed by atoms with Crippen molar-refractivity contribution in [2.75, 3.05) is 26.3 Å². The summed E-state index contributed by atoms with van der Waals surface area (Å²) >= 11 is 0. The molecule has 0 amide bonds. The van der Waals surface area contributed by atoms with Crippen LogP contribution < -0.4 is 5.73 Å². The summed E-state index contributed by atoms with van der Waals surface area (Å²) in [6.07, 6.45) is 3.92. The Morgan fingerprint density at radius 3 is 2.56 bits per heavy atom. The van der Waals surface area contributed by atoms with Gasteiger partial charge in [-0.25, -0.2) is 0 Å². The number of hydrogen-bond donors (Lipinski definition) is 1. The third-order valence-electron chi connectivity index (χ3n) is 3.50. The second-order valence-corrected chi connectivity index (χ2v) is 5.26. The SMILES string of the molecule is CCCCCN(CC1COCC1N)C(C)C. The Hall–Kier alpha value is -0.120. The molecular weight excluding hydrogens is 200 g/mol.